The Morgan fingerprint density at radius 3 is 3.14 bits per heavy atom. The second-order valence-corrected chi connectivity index (χ2v) is 3.55. The molecule has 1 aromatic rings. The molecular formula is C8H13N5O. The maximum absolute atomic E-state index is 8.40. The van der Waals surface area contributed by atoms with E-state index in [0.29, 0.717) is 0 Å². The topological polar surface area (TPSA) is 89.3 Å². The number of hydrogen-bond acceptors (Lipinski definition) is 4. The van der Waals surface area contributed by atoms with Crippen LogP contribution in [0.25, 0.3) is 0 Å². The lowest BCUT2D eigenvalue weighted by atomic mass is 10.3. The molecule has 0 aliphatic heterocycles. The van der Waals surface area contributed by atoms with Crippen molar-refractivity contribution < 1.29 is 5.21 Å². The van der Waals surface area contributed by atoms with Crippen molar-refractivity contribution in [3.63, 3.8) is 0 Å². The summed E-state index contributed by atoms with van der Waals surface area (Å²) in [4.78, 5) is 3.92. The van der Waals surface area contributed by atoms with Crippen molar-refractivity contribution in [2.75, 3.05) is 0 Å². The molecule has 1 heterocycles. The van der Waals surface area contributed by atoms with E-state index in [2.05, 4.69) is 15.2 Å². The first-order valence-electron chi connectivity index (χ1n) is 4.67. The van der Waals surface area contributed by atoms with Crippen molar-refractivity contribution in [1.82, 2.24) is 14.8 Å². The van der Waals surface area contributed by atoms with Crippen LogP contribution in [-0.2, 0) is 6.54 Å². The van der Waals surface area contributed by atoms with Gasteiger partial charge in [0.1, 0.15) is 6.33 Å². The summed E-state index contributed by atoms with van der Waals surface area (Å²) in [6.45, 7) is 0.858. The van der Waals surface area contributed by atoms with Gasteiger partial charge in [-0.05, 0) is 12.3 Å². The molecule has 6 nitrogen and oxygen atoms in total. The number of amidine groups is 1. The first-order chi connectivity index (χ1) is 6.79. The van der Waals surface area contributed by atoms with Gasteiger partial charge in [0.25, 0.3) is 0 Å². The molecule has 3 N–H and O–H groups in total. The van der Waals surface area contributed by atoms with Crippen LogP contribution < -0.4 is 5.73 Å². The number of nitrogens with zero attached hydrogens (tertiary/aromatic N) is 4. The summed E-state index contributed by atoms with van der Waals surface area (Å²) in [6.07, 6.45) is 5.41. The zero-order chi connectivity index (χ0) is 9.97. The SMILES string of the molecule is NC(=NO)c1ncn(CCC2CC2)n1. The molecule has 76 valence electrons. The van der Waals surface area contributed by atoms with Gasteiger partial charge in [0, 0.05) is 6.54 Å². The summed E-state index contributed by atoms with van der Waals surface area (Å²) in [6, 6.07) is 0. The molecule has 1 aliphatic rings. The highest BCUT2D eigenvalue weighted by Gasteiger charge is 2.20. The molecule has 0 aromatic carbocycles. The minimum Gasteiger partial charge on any atom is -0.409 e. The summed E-state index contributed by atoms with van der Waals surface area (Å²) in [7, 11) is 0. The monoisotopic (exact) mass is 195 g/mol. The van der Waals surface area contributed by atoms with Crippen LogP contribution in [0.2, 0.25) is 0 Å². The molecule has 1 aromatic heterocycles. The van der Waals surface area contributed by atoms with Crippen LogP contribution in [0.4, 0.5) is 0 Å². The maximum Gasteiger partial charge on any atom is 0.219 e. The van der Waals surface area contributed by atoms with E-state index < -0.39 is 0 Å². The van der Waals surface area contributed by atoms with Gasteiger partial charge in [-0.3, -0.25) is 4.68 Å². The Labute approximate surface area is 81.4 Å². The van der Waals surface area contributed by atoms with Gasteiger partial charge < -0.3 is 10.9 Å². The van der Waals surface area contributed by atoms with Gasteiger partial charge in [-0.2, -0.15) is 0 Å². The maximum atomic E-state index is 8.40. The Morgan fingerprint density at radius 1 is 1.71 bits per heavy atom. The highest BCUT2D eigenvalue weighted by atomic mass is 16.4. The predicted molar refractivity (Wildman–Crippen MR) is 49.9 cm³/mol. The van der Waals surface area contributed by atoms with E-state index in [0.717, 1.165) is 18.9 Å². The van der Waals surface area contributed by atoms with Crippen molar-refractivity contribution in [2.24, 2.45) is 16.8 Å². The molecule has 0 bridgehead atoms. The zero-order valence-electron chi connectivity index (χ0n) is 7.80. The molecule has 0 unspecified atom stereocenters. The number of aryl methyl sites for hydroxylation is 1. The molecule has 1 aliphatic carbocycles. The van der Waals surface area contributed by atoms with Crippen molar-refractivity contribution in [1.29, 1.82) is 0 Å². The third kappa shape index (κ3) is 2.01. The molecule has 0 amide bonds. The van der Waals surface area contributed by atoms with Crippen LogP contribution in [-0.4, -0.2) is 25.8 Å². The number of nitrogens with two attached hydrogens (primary N) is 1. The first-order valence-corrected chi connectivity index (χ1v) is 4.67. The van der Waals surface area contributed by atoms with E-state index in [9.17, 15) is 0 Å². The summed E-state index contributed by atoms with van der Waals surface area (Å²) in [5.41, 5.74) is 5.34. The van der Waals surface area contributed by atoms with E-state index in [1.165, 1.54) is 12.8 Å². The fourth-order valence-electron chi connectivity index (χ4n) is 1.29. The average molecular weight is 195 g/mol. The Hall–Kier alpha value is -1.59. The summed E-state index contributed by atoms with van der Waals surface area (Å²) < 4.78 is 1.73. The molecule has 1 fully saturated rings. The highest BCUT2D eigenvalue weighted by molar-refractivity contribution is 5.93. The molecule has 14 heavy (non-hydrogen) atoms. The second-order valence-electron chi connectivity index (χ2n) is 3.55. The fraction of sp³-hybridized carbons (Fsp3) is 0.625. The minimum absolute atomic E-state index is 0.0461. The molecule has 0 radical (unpaired) electrons. The van der Waals surface area contributed by atoms with Gasteiger partial charge in [0.2, 0.25) is 11.7 Å². The smallest absolute Gasteiger partial charge is 0.219 e. The van der Waals surface area contributed by atoms with Gasteiger partial charge >= 0.3 is 0 Å². The summed E-state index contributed by atoms with van der Waals surface area (Å²) in [5, 5.41) is 15.3. The Bertz CT molecular complexity index is 341. The van der Waals surface area contributed by atoms with Gasteiger partial charge in [-0.15, -0.1) is 5.10 Å². The van der Waals surface area contributed by atoms with Crippen LogP contribution >= 0.6 is 0 Å². The van der Waals surface area contributed by atoms with Crippen molar-refractivity contribution in [3.8, 4) is 0 Å². The summed E-state index contributed by atoms with van der Waals surface area (Å²) in [5.74, 6) is 1.10. The van der Waals surface area contributed by atoms with E-state index >= 15 is 0 Å². The molecule has 0 saturated heterocycles. The standard InChI is InChI=1S/C8H13N5O/c9-7(12-14)8-10-5-13(11-8)4-3-6-1-2-6/h5-6,14H,1-4H2,(H2,9,12). The normalized spacial score (nSPS) is 17.3. The number of rotatable bonds is 4. The molecular weight excluding hydrogens is 182 g/mol. The van der Waals surface area contributed by atoms with E-state index in [1.54, 1.807) is 11.0 Å². The van der Waals surface area contributed by atoms with Crippen molar-refractivity contribution in [3.05, 3.63) is 12.2 Å². The Morgan fingerprint density at radius 2 is 2.50 bits per heavy atom. The minimum atomic E-state index is -0.0461. The van der Waals surface area contributed by atoms with Crippen molar-refractivity contribution in [2.45, 2.75) is 25.8 Å². The predicted octanol–water partition coefficient (Wildman–Crippen LogP) is 0.173. The summed E-state index contributed by atoms with van der Waals surface area (Å²) >= 11 is 0. The number of hydrogen-bond donors (Lipinski definition) is 2. The molecule has 6 heteroatoms. The highest BCUT2D eigenvalue weighted by Crippen LogP contribution is 2.32. The van der Waals surface area contributed by atoms with Crippen LogP contribution in [0, 0.1) is 5.92 Å². The molecule has 0 atom stereocenters. The van der Waals surface area contributed by atoms with Crippen molar-refractivity contribution >= 4 is 5.84 Å². The van der Waals surface area contributed by atoms with Crippen LogP contribution in [0.1, 0.15) is 25.1 Å². The van der Waals surface area contributed by atoms with Gasteiger partial charge in [0.15, 0.2) is 0 Å². The van der Waals surface area contributed by atoms with Gasteiger partial charge in [-0.1, -0.05) is 18.0 Å². The number of aromatic nitrogens is 3. The first kappa shape index (κ1) is 8.98. The van der Waals surface area contributed by atoms with Gasteiger partial charge in [0.05, 0.1) is 0 Å². The van der Waals surface area contributed by atoms with Crippen LogP contribution in [0.5, 0.6) is 0 Å². The van der Waals surface area contributed by atoms with Gasteiger partial charge in [-0.25, -0.2) is 4.98 Å². The van der Waals surface area contributed by atoms with E-state index in [4.69, 9.17) is 10.9 Å². The Kier molecular flexibility index (Phi) is 2.34. The lowest BCUT2D eigenvalue weighted by Crippen LogP contribution is -2.15. The lowest BCUT2D eigenvalue weighted by molar-refractivity contribution is 0.318. The quantitative estimate of drug-likeness (QED) is 0.310. The molecule has 2 rings (SSSR count). The number of oxime groups is 1. The second kappa shape index (κ2) is 3.65. The van der Waals surface area contributed by atoms with Crippen LogP contribution in [0.3, 0.4) is 0 Å². The lowest BCUT2D eigenvalue weighted by Gasteiger charge is -1.97. The third-order valence-corrected chi connectivity index (χ3v) is 2.34. The third-order valence-electron chi connectivity index (χ3n) is 2.34. The van der Waals surface area contributed by atoms with E-state index in [-0.39, 0.29) is 11.7 Å². The largest absolute Gasteiger partial charge is 0.409 e. The fourth-order valence-corrected chi connectivity index (χ4v) is 1.29. The molecule has 0 spiro atoms. The van der Waals surface area contributed by atoms with E-state index in [1.807, 2.05) is 0 Å². The average Bonchev–Trinajstić information content (AvgIpc) is 2.92. The molecule has 1 saturated carbocycles. The Balaban J connectivity index is 1.94. The van der Waals surface area contributed by atoms with Crippen LogP contribution in [0.15, 0.2) is 11.5 Å². The zero-order valence-corrected chi connectivity index (χ0v) is 7.80.